The number of piperazine rings is 1. The number of fused-ring (bicyclic) bond motifs is 2. The van der Waals surface area contributed by atoms with Crippen molar-refractivity contribution >= 4 is 37.8 Å². The molecule has 2 atom stereocenters. The van der Waals surface area contributed by atoms with Gasteiger partial charge in [0.1, 0.15) is 0 Å². The number of nitrogens with one attached hydrogen (secondary N) is 2. The zero-order chi connectivity index (χ0) is 23.7. The fraction of sp³-hybridized carbons (Fsp3) is 0.346. The van der Waals surface area contributed by atoms with Gasteiger partial charge in [-0.1, -0.05) is 28.1 Å². The summed E-state index contributed by atoms with van der Waals surface area (Å²) in [5.41, 5.74) is 7.21. The molecule has 5 rings (SSSR count). The highest BCUT2D eigenvalue weighted by molar-refractivity contribution is 9.10. The lowest BCUT2D eigenvalue weighted by Gasteiger charge is -2.39. The number of amides is 1. The zero-order valence-corrected chi connectivity index (χ0v) is 22.2. The number of carbonyl (C=O) groups excluding carboxylic acids is 1. The SMILES string of the molecule is Cc1cc(Br)c2c(c1)CCc1cc(Br)cnc1C2N1CCNC(C(=O)NCc2cccnc2)C1. The third-order valence-electron chi connectivity index (χ3n) is 6.60. The molecule has 1 aliphatic heterocycles. The van der Waals surface area contributed by atoms with E-state index >= 15 is 0 Å². The average Bonchev–Trinajstić information content (AvgIpc) is 3.00. The summed E-state index contributed by atoms with van der Waals surface area (Å²) in [6.07, 6.45) is 7.32. The summed E-state index contributed by atoms with van der Waals surface area (Å²) in [5.74, 6) is 0.00867. The number of halogens is 2. The van der Waals surface area contributed by atoms with Crippen LogP contribution in [-0.2, 0) is 24.2 Å². The number of hydrogen-bond acceptors (Lipinski definition) is 5. The number of carbonyl (C=O) groups is 1. The van der Waals surface area contributed by atoms with Crippen molar-refractivity contribution in [2.75, 3.05) is 19.6 Å². The van der Waals surface area contributed by atoms with E-state index in [-0.39, 0.29) is 18.0 Å². The Bertz CT molecular complexity index is 1200. The Kier molecular flexibility index (Phi) is 7.11. The molecule has 0 bridgehead atoms. The van der Waals surface area contributed by atoms with Crippen LogP contribution in [-0.4, -0.2) is 46.5 Å². The van der Waals surface area contributed by atoms with Crippen LogP contribution in [0.25, 0.3) is 0 Å². The minimum atomic E-state index is -0.291. The van der Waals surface area contributed by atoms with Gasteiger partial charge in [0, 0.05) is 53.7 Å². The van der Waals surface area contributed by atoms with Crippen molar-refractivity contribution in [1.29, 1.82) is 0 Å². The van der Waals surface area contributed by atoms with Crippen molar-refractivity contribution < 1.29 is 4.79 Å². The first kappa shape index (κ1) is 23.6. The largest absolute Gasteiger partial charge is 0.351 e. The standard InChI is InChI=1S/C26H27Br2N5O/c1-16-9-18-4-5-19-11-20(27)14-31-24(19)25(23(18)21(28)10-16)33-8-7-30-22(15-33)26(34)32-13-17-3-2-6-29-12-17/h2-3,6,9-12,14,22,25,30H,4-5,7-8,13,15H2,1H3,(H,32,34). The Morgan fingerprint density at radius 2 is 2.06 bits per heavy atom. The van der Waals surface area contributed by atoms with Gasteiger partial charge in [-0.3, -0.25) is 19.7 Å². The van der Waals surface area contributed by atoms with Crippen LogP contribution in [0.1, 0.15) is 39.6 Å². The second-order valence-corrected chi connectivity index (χ2v) is 10.8. The molecule has 34 heavy (non-hydrogen) atoms. The van der Waals surface area contributed by atoms with E-state index in [9.17, 15) is 4.79 Å². The van der Waals surface area contributed by atoms with E-state index in [0.717, 1.165) is 46.1 Å². The molecule has 1 amide bonds. The summed E-state index contributed by atoms with van der Waals surface area (Å²) < 4.78 is 2.11. The van der Waals surface area contributed by atoms with Gasteiger partial charge < -0.3 is 10.6 Å². The van der Waals surface area contributed by atoms with Gasteiger partial charge in [-0.05, 0) is 81.7 Å². The summed E-state index contributed by atoms with van der Waals surface area (Å²) >= 11 is 7.48. The number of hydrogen-bond donors (Lipinski definition) is 2. The molecule has 1 saturated heterocycles. The van der Waals surface area contributed by atoms with Crippen LogP contribution in [0.15, 0.2) is 57.9 Å². The van der Waals surface area contributed by atoms with E-state index in [0.29, 0.717) is 13.1 Å². The normalized spacial score (nSPS) is 20.2. The van der Waals surface area contributed by atoms with E-state index in [4.69, 9.17) is 4.98 Å². The molecule has 3 heterocycles. The zero-order valence-electron chi connectivity index (χ0n) is 19.0. The van der Waals surface area contributed by atoms with Gasteiger partial charge in [0.2, 0.25) is 5.91 Å². The lowest BCUT2D eigenvalue weighted by molar-refractivity contribution is -0.124. The number of aryl methyl sites for hydroxylation is 3. The Balaban J connectivity index is 1.44. The Morgan fingerprint density at radius 3 is 2.88 bits per heavy atom. The molecule has 2 N–H and O–H groups in total. The van der Waals surface area contributed by atoms with Gasteiger partial charge in [0.05, 0.1) is 17.8 Å². The lowest BCUT2D eigenvalue weighted by Crippen LogP contribution is -2.57. The summed E-state index contributed by atoms with van der Waals surface area (Å²) in [6, 6.07) is 10.2. The average molecular weight is 585 g/mol. The van der Waals surface area contributed by atoms with E-state index in [1.807, 2.05) is 18.3 Å². The molecule has 2 aliphatic rings. The Morgan fingerprint density at radius 1 is 1.21 bits per heavy atom. The van der Waals surface area contributed by atoms with Crippen LogP contribution in [0.2, 0.25) is 0 Å². The predicted molar refractivity (Wildman–Crippen MR) is 140 cm³/mol. The quantitative estimate of drug-likeness (QED) is 0.483. The first-order valence-corrected chi connectivity index (χ1v) is 13.2. The molecule has 1 fully saturated rings. The fourth-order valence-electron chi connectivity index (χ4n) is 5.04. The molecular formula is C26H27Br2N5O. The van der Waals surface area contributed by atoms with E-state index in [1.165, 1.54) is 22.3 Å². The van der Waals surface area contributed by atoms with Crippen LogP contribution >= 0.6 is 31.9 Å². The van der Waals surface area contributed by atoms with Crippen molar-refractivity contribution in [1.82, 2.24) is 25.5 Å². The lowest BCUT2D eigenvalue weighted by atomic mass is 9.94. The van der Waals surface area contributed by atoms with Crippen molar-refractivity contribution in [3.05, 3.63) is 91.4 Å². The molecule has 0 saturated carbocycles. The van der Waals surface area contributed by atoms with Gasteiger partial charge in [0.15, 0.2) is 0 Å². The van der Waals surface area contributed by atoms with E-state index < -0.39 is 0 Å². The molecule has 176 valence electrons. The highest BCUT2D eigenvalue weighted by atomic mass is 79.9. The molecule has 0 spiro atoms. The topological polar surface area (TPSA) is 70.2 Å². The number of aromatic nitrogens is 2. The fourth-order valence-corrected chi connectivity index (χ4v) is 6.25. The van der Waals surface area contributed by atoms with Crippen molar-refractivity contribution in [2.24, 2.45) is 0 Å². The molecule has 2 aromatic heterocycles. The maximum absolute atomic E-state index is 13.1. The smallest absolute Gasteiger partial charge is 0.238 e. The summed E-state index contributed by atoms with van der Waals surface area (Å²) in [6.45, 7) is 4.81. The third-order valence-corrected chi connectivity index (χ3v) is 7.69. The maximum atomic E-state index is 13.1. The van der Waals surface area contributed by atoms with Gasteiger partial charge in [0.25, 0.3) is 0 Å². The highest BCUT2D eigenvalue weighted by Gasteiger charge is 2.36. The number of rotatable bonds is 4. The first-order chi connectivity index (χ1) is 16.5. The van der Waals surface area contributed by atoms with Gasteiger partial charge >= 0.3 is 0 Å². The monoisotopic (exact) mass is 583 g/mol. The molecule has 6 nitrogen and oxygen atoms in total. The van der Waals surface area contributed by atoms with E-state index in [2.05, 4.69) is 77.5 Å². The van der Waals surface area contributed by atoms with Crippen LogP contribution in [0.5, 0.6) is 0 Å². The summed E-state index contributed by atoms with van der Waals surface area (Å²) in [5, 5.41) is 6.48. The van der Waals surface area contributed by atoms with Gasteiger partial charge in [-0.15, -0.1) is 0 Å². The third kappa shape index (κ3) is 4.96. The van der Waals surface area contributed by atoms with Crippen LogP contribution in [0, 0.1) is 6.92 Å². The van der Waals surface area contributed by atoms with Crippen LogP contribution < -0.4 is 10.6 Å². The molecule has 1 aromatic carbocycles. The molecular weight excluding hydrogens is 558 g/mol. The molecule has 8 heteroatoms. The second kappa shape index (κ2) is 10.2. The Hall–Kier alpha value is -2.13. The van der Waals surface area contributed by atoms with E-state index in [1.54, 1.807) is 12.4 Å². The van der Waals surface area contributed by atoms with Crippen molar-refractivity contribution in [3.63, 3.8) is 0 Å². The number of benzene rings is 1. The predicted octanol–water partition coefficient (Wildman–Crippen LogP) is 4.09. The second-order valence-electron chi connectivity index (χ2n) is 9.00. The van der Waals surface area contributed by atoms with Crippen molar-refractivity contribution in [3.8, 4) is 0 Å². The van der Waals surface area contributed by atoms with Gasteiger partial charge in [-0.2, -0.15) is 0 Å². The molecule has 3 aromatic rings. The molecule has 1 aliphatic carbocycles. The Labute approximate surface area is 216 Å². The maximum Gasteiger partial charge on any atom is 0.238 e. The molecule has 2 unspecified atom stereocenters. The molecule has 0 radical (unpaired) electrons. The van der Waals surface area contributed by atoms with Gasteiger partial charge in [-0.25, -0.2) is 0 Å². The number of pyridine rings is 2. The van der Waals surface area contributed by atoms with Crippen LogP contribution in [0.4, 0.5) is 0 Å². The van der Waals surface area contributed by atoms with Crippen molar-refractivity contribution in [2.45, 2.75) is 38.4 Å². The first-order valence-electron chi connectivity index (χ1n) is 11.6. The summed E-state index contributed by atoms with van der Waals surface area (Å²) in [7, 11) is 0. The minimum absolute atomic E-state index is 0.00806. The number of nitrogens with zero attached hydrogens (tertiary/aromatic N) is 3. The van der Waals surface area contributed by atoms with Crippen LogP contribution in [0.3, 0.4) is 0 Å². The minimum Gasteiger partial charge on any atom is -0.351 e. The summed E-state index contributed by atoms with van der Waals surface area (Å²) in [4.78, 5) is 24.5. The highest BCUT2D eigenvalue weighted by Crippen LogP contribution is 2.41.